The van der Waals surface area contributed by atoms with Crippen LogP contribution in [-0.4, -0.2) is 36.1 Å². The average Bonchev–Trinajstić information content (AvgIpc) is 2.56. The van der Waals surface area contributed by atoms with Gasteiger partial charge in [0.1, 0.15) is 0 Å². The van der Waals surface area contributed by atoms with E-state index in [0.29, 0.717) is 6.42 Å². The van der Waals surface area contributed by atoms with Crippen molar-refractivity contribution in [2.45, 2.75) is 26.7 Å². The highest BCUT2D eigenvalue weighted by molar-refractivity contribution is 7.78. The number of hydrogen-bond donors (Lipinski definition) is 4. The highest BCUT2D eigenvalue weighted by Crippen LogP contribution is 2.04. The molecule has 8 heteroatoms. The lowest BCUT2D eigenvalue weighted by molar-refractivity contribution is -0.125. The van der Waals surface area contributed by atoms with Crippen molar-refractivity contribution >= 4 is 31.0 Å². The molecule has 3 amide bonds. The quantitative estimate of drug-likeness (QED) is 0.467. The summed E-state index contributed by atoms with van der Waals surface area (Å²) in [6, 6.07) is 9.96. The molecule has 1 rings (SSSR count). The van der Waals surface area contributed by atoms with Crippen molar-refractivity contribution in [1.82, 2.24) is 4.31 Å². The third-order valence-electron chi connectivity index (χ3n) is 2.03. The molecule has 0 heterocycles. The molecule has 0 saturated heterocycles. The molecule has 0 fully saturated rings. The molecule has 0 bridgehead atoms. The maximum Gasteiger partial charge on any atom is 0.232 e. The molecule has 132 valence electrons. The first-order valence-corrected chi connectivity index (χ1v) is 7.42. The molecule has 0 radical (unpaired) electrons. The second-order valence-electron chi connectivity index (χ2n) is 3.71. The summed E-state index contributed by atoms with van der Waals surface area (Å²) in [5, 5.41) is 0. The van der Waals surface area contributed by atoms with Crippen LogP contribution in [0.25, 0.3) is 0 Å². The number of thiol groups is 1. The molecule has 0 unspecified atom stereocenters. The Labute approximate surface area is 143 Å². The number of nitrogens with two attached hydrogens (primary N) is 3. The normalized spacial score (nSPS) is 7.87. The molecule has 0 saturated carbocycles. The van der Waals surface area contributed by atoms with E-state index < -0.39 is 5.91 Å². The molecule has 0 aliphatic heterocycles. The summed E-state index contributed by atoms with van der Waals surface area (Å²) in [6.45, 7) is 3.94. The predicted octanol–water partition coefficient (Wildman–Crippen LogP) is 0.481. The first-order chi connectivity index (χ1) is 10.9. The van der Waals surface area contributed by atoms with Crippen molar-refractivity contribution in [3.8, 4) is 0 Å². The van der Waals surface area contributed by atoms with Crippen LogP contribution in [0.5, 0.6) is 0 Å². The lowest BCUT2D eigenvalue weighted by Gasteiger charge is -2.07. The van der Waals surface area contributed by atoms with Crippen molar-refractivity contribution in [3.63, 3.8) is 0 Å². The molecule has 0 aliphatic rings. The molecule has 0 aliphatic carbocycles. The number of primary amides is 2. The minimum Gasteiger partial charge on any atom is -0.372 e. The van der Waals surface area contributed by atoms with Gasteiger partial charge in [-0.3, -0.25) is 18.7 Å². The van der Waals surface area contributed by atoms with E-state index in [1.165, 1.54) is 9.87 Å². The van der Waals surface area contributed by atoms with Crippen LogP contribution in [0, 0.1) is 0 Å². The molecule has 6 N–H and O–H groups in total. The monoisotopic (exact) mass is 344 g/mol. The zero-order chi connectivity index (χ0) is 18.7. The minimum atomic E-state index is -0.468. The van der Waals surface area contributed by atoms with Crippen LogP contribution in [0.2, 0.25) is 0 Å². The van der Waals surface area contributed by atoms with Gasteiger partial charge in [0.15, 0.2) is 0 Å². The van der Waals surface area contributed by atoms with E-state index in [0.717, 1.165) is 6.42 Å². The number of benzene rings is 1. The standard InChI is InChI=1S/C10H13NOS.C2H6N2O.C2H6.CH3NO/c1-11(13)10(12)8-7-9-5-3-2-4-6-9;3-1-2(4)5;1-2;2-1-3/h2-6,13H,7-8H2,1H3;1,3H2,(H2,4,5);1-2H3;1H,(H2,2,3). The fourth-order valence-corrected chi connectivity index (χ4v) is 1.16. The smallest absolute Gasteiger partial charge is 0.232 e. The number of amides is 3. The van der Waals surface area contributed by atoms with Crippen LogP contribution in [-0.2, 0) is 20.8 Å². The number of hydrogen-bond acceptors (Lipinski definition) is 5. The fourth-order valence-electron chi connectivity index (χ4n) is 1.06. The largest absolute Gasteiger partial charge is 0.372 e. The van der Waals surface area contributed by atoms with Gasteiger partial charge < -0.3 is 17.2 Å². The number of carbonyl (C=O) groups is 3. The molecule has 1 aromatic rings. The molecule has 0 spiro atoms. The Hall–Kier alpha value is -2.06. The zero-order valence-corrected chi connectivity index (χ0v) is 14.8. The molecule has 0 aromatic heterocycles. The SMILES string of the molecule is CC.CN(S)C(=O)CCc1ccccc1.NC=O.NCC(N)=O. The van der Waals surface area contributed by atoms with Gasteiger partial charge in [-0.15, -0.1) is 0 Å². The minimum absolute atomic E-state index is 0.0483. The van der Waals surface area contributed by atoms with Gasteiger partial charge in [0.05, 0.1) is 6.54 Å². The summed E-state index contributed by atoms with van der Waals surface area (Å²) in [7, 11) is 1.65. The van der Waals surface area contributed by atoms with Gasteiger partial charge in [-0.2, -0.15) is 0 Å². The van der Waals surface area contributed by atoms with Crippen molar-refractivity contribution in [3.05, 3.63) is 35.9 Å². The van der Waals surface area contributed by atoms with Crippen LogP contribution >= 0.6 is 12.8 Å². The maximum atomic E-state index is 11.2. The summed E-state index contributed by atoms with van der Waals surface area (Å²) < 4.78 is 1.32. The Kier molecular flexibility index (Phi) is 22.4. The van der Waals surface area contributed by atoms with Crippen LogP contribution in [0.1, 0.15) is 25.8 Å². The van der Waals surface area contributed by atoms with E-state index in [2.05, 4.69) is 24.3 Å². The summed E-state index contributed by atoms with van der Waals surface area (Å²) in [5.74, 6) is -0.419. The number of carbonyl (C=O) groups excluding carboxylic acids is 3. The van der Waals surface area contributed by atoms with Gasteiger partial charge in [0, 0.05) is 13.5 Å². The first kappa shape index (κ1) is 25.9. The van der Waals surface area contributed by atoms with Crippen molar-refractivity contribution < 1.29 is 14.4 Å². The third kappa shape index (κ3) is 22.4. The van der Waals surface area contributed by atoms with Crippen molar-refractivity contribution in [2.75, 3.05) is 13.6 Å². The maximum absolute atomic E-state index is 11.2. The van der Waals surface area contributed by atoms with Gasteiger partial charge in [-0.05, 0) is 12.0 Å². The first-order valence-electron chi connectivity index (χ1n) is 7.02. The molecular formula is C15H28N4O3S. The Bertz CT molecular complexity index is 414. The van der Waals surface area contributed by atoms with E-state index >= 15 is 0 Å². The summed E-state index contributed by atoms with van der Waals surface area (Å²) in [6.07, 6.45) is 1.55. The Morgan fingerprint density at radius 1 is 1.22 bits per heavy atom. The lowest BCUT2D eigenvalue weighted by Crippen LogP contribution is -2.21. The Morgan fingerprint density at radius 2 is 1.61 bits per heavy atom. The highest BCUT2D eigenvalue weighted by atomic mass is 32.1. The zero-order valence-electron chi connectivity index (χ0n) is 13.9. The number of nitrogens with zero attached hydrogens (tertiary/aromatic N) is 1. The topological polar surface area (TPSA) is 133 Å². The second kappa shape index (κ2) is 19.9. The van der Waals surface area contributed by atoms with Crippen LogP contribution in [0.15, 0.2) is 30.3 Å². The Balaban J connectivity index is -0.000000334. The summed E-state index contributed by atoms with van der Waals surface area (Å²) in [5.41, 5.74) is 14.6. The van der Waals surface area contributed by atoms with E-state index in [1.54, 1.807) is 7.05 Å². The van der Waals surface area contributed by atoms with Gasteiger partial charge in [-0.25, -0.2) is 0 Å². The van der Waals surface area contributed by atoms with Gasteiger partial charge >= 0.3 is 0 Å². The van der Waals surface area contributed by atoms with E-state index in [4.69, 9.17) is 10.5 Å². The molecule has 0 atom stereocenters. The average molecular weight is 344 g/mol. The highest BCUT2D eigenvalue weighted by Gasteiger charge is 2.03. The fraction of sp³-hybridized carbons (Fsp3) is 0.400. The van der Waals surface area contributed by atoms with Crippen molar-refractivity contribution in [2.24, 2.45) is 17.2 Å². The molecular weight excluding hydrogens is 316 g/mol. The van der Waals surface area contributed by atoms with Crippen LogP contribution < -0.4 is 17.2 Å². The molecule has 1 aromatic carbocycles. The van der Waals surface area contributed by atoms with E-state index in [9.17, 15) is 9.59 Å². The summed E-state index contributed by atoms with van der Waals surface area (Å²) in [4.78, 5) is 29.2. The number of rotatable bonds is 4. The van der Waals surface area contributed by atoms with Crippen LogP contribution in [0.4, 0.5) is 0 Å². The van der Waals surface area contributed by atoms with Crippen LogP contribution in [0.3, 0.4) is 0 Å². The van der Waals surface area contributed by atoms with Crippen molar-refractivity contribution in [1.29, 1.82) is 0 Å². The molecule has 23 heavy (non-hydrogen) atoms. The second-order valence-corrected chi connectivity index (χ2v) is 4.31. The predicted molar refractivity (Wildman–Crippen MR) is 96.4 cm³/mol. The van der Waals surface area contributed by atoms with Gasteiger partial charge in [0.2, 0.25) is 18.2 Å². The molecule has 7 nitrogen and oxygen atoms in total. The van der Waals surface area contributed by atoms with Gasteiger partial charge in [-0.1, -0.05) is 57.0 Å². The number of aryl methyl sites for hydroxylation is 1. The van der Waals surface area contributed by atoms with E-state index in [-0.39, 0.29) is 18.9 Å². The lowest BCUT2D eigenvalue weighted by atomic mass is 10.1. The van der Waals surface area contributed by atoms with E-state index in [1.807, 2.05) is 44.2 Å². The third-order valence-corrected chi connectivity index (χ3v) is 2.26. The summed E-state index contributed by atoms with van der Waals surface area (Å²) >= 11 is 3.92. The van der Waals surface area contributed by atoms with Gasteiger partial charge in [0.25, 0.3) is 0 Å². The Morgan fingerprint density at radius 3 is 1.91 bits per heavy atom.